The molecule has 0 amide bonds. The van der Waals surface area contributed by atoms with Gasteiger partial charge in [0.25, 0.3) is 0 Å². The molecule has 45 heavy (non-hydrogen) atoms. The summed E-state index contributed by atoms with van der Waals surface area (Å²) in [7, 11) is 0. The molecule has 6 rings (SSSR count). The number of benzene rings is 2. The molecule has 0 bridgehead atoms. The lowest BCUT2D eigenvalue weighted by molar-refractivity contribution is -0.0260. The van der Waals surface area contributed by atoms with Gasteiger partial charge in [0.2, 0.25) is 0 Å². The first kappa shape index (κ1) is 32.1. The maximum absolute atomic E-state index is 4.97. The van der Waals surface area contributed by atoms with Gasteiger partial charge in [-0.2, -0.15) is 0 Å². The molecule has 0 saturated heterocycles. The largest absolute Gasteiger partial charge is 0.0955 e. The first-order valence-electron chi connectivity index (χ1n) is 17.8. The van der Waals surface area contributed by atoms with E-state index in [-0.39, 0.29) is 16.2 Å². The van der Waals surface area contributed by atoms with Gasteiger partial charge in [-0.05, 0) is 152 Å². The van der Waals surface area contributed by atoms with Crippen molar-refractivity contribution in [2.75, 3.05) is 0 Å². The highest BCUT2D eigenvalue weighted by molar-refractivity contribution is 5.88. The smallest absolute Gasteiger partial charge is 0.0196 e. The lowest BCUT2D eigenvalue weighted by Crippen LogP contribution is -2.58. The van der Waals surface area contributed by atoms with Crippen LogP contribution in [0, 0.1) is 40.9 Å². The van der Waals surface area contributed by atoms with Gasteiger partial charge in [0.05, 0.1) is 0 Å². The molecule has 2 aromatic rings. The van der Waals surface area contributed by atoms with Gasteiger partial charge in [-0.3, -0.25) is 0 Å². The summed E-state index contributed by atoms with van der Waals surface area (Å²) in [5, 5.41) is 0. The second-order valence-electron chi connectivity index (χ2n) is 16.4. The van der Waals surface area contributed by atoms with Crippen molar-refractivity contribution in [2.45, 2.75) is 113 Å². The lowest BCUT2D eigenvalue weighted by atomic mass is 9.36. The number of rotatable bonds is 5. The summed E-state index contributed by atoms with van der Waals surface area (Å²) in [6.45, 7) is 36.2. The van der Waals surface area contributed by atoms with Crippen molar-refractivity contribution in [2.24, 2.45) is 34.0 Å². The second kappa shape index (κ2) is 11.1. The Morgan fingerprint density at radius 1 is 0.844 bits per heavy atom. The number of hydrogen-bond donors (Lipinski definition) is 0. The fourth-order valence-corrected chi connectivity index (χ4v) is 11.3. The van der Waals surface area contributed by atoms with Gasteiger partial charge in [-0.25, -0.2) is 0 Å². The van der Waals surface area contributed by atoms with E-state index < -0.39 is 0 Å². The molecule has 5 atom stereocenters. The van der Waals surface area contributed by atoms with Gasteiger partial charge >= 0.3 is 0 Å². The van der Waals surface area contributed by atoms with E-state index in [0.717, 1.165) is 23.8 Å². The van der Waals surface area contributed by atoms with E-state index in [1.165, 1.54) is 94.2 Å². The maximum Gasteiger partial charge on any atom is 0.0196 e. The molecule has 0 radical (unpaired) electrons. The molecular formula is C45H58. The first-order valence-corrected chi connectivity index (χ1v) is 17.8. The molecule has 0 spiro atoms. The topological polar surface area (TPSA) is 0 Å². The van der Waals surface area contributed by atoms with Crippen LogP contribution in [0.15, 0.2) is 95.6 Å². The fraction of sp³-hybridized carbons (Fsp3) is 0.511. The highest BCUT2D eigenvalue weighted by Crippen LogP contribution is 2.74. The van der Waals surface area contributed by atoms with Crippen LogP contribution in [0.5, 0.6) is 0 Å². The van der Waals surface area contributed by atoms with Crippen molar-refractivity contribution in [1.29, 1.82) is 0 Å². The van der Waals surface area contributed by atoms with Gasteiger partial charge < -0.3 is 0 Å². The van der Waals surface area contributed by atoms with E-state index in [1.807, 2.05) is 0 Å². The van der Waals surface area contributed by atoms with E-state index in [4.69, 9.17) is 13.2 Å². The Bertz CT molecular complexity index is 1630. The van der Waals surface area contributed by atoms with Gasteiger partial charge in [0.1, 0.15) is 0 Å². The van der Waals surface area contributed by atoms with Crippen LogP contribution in [-0.2, 0) is 12.8 Å². The zero-order valence-corrected chi connectivity index (χ0v) is 29.9. The highest BCUT2D eigenvalue weighted by Gasteiger charge is 2.64. The van der Waals surface area contributed by atoms with Crippen molar-refractivity contribution < 1.29 is 0 Å². The number of hydrogen-bond acceptors (Lipinski definition) is 0. The molecule has 1 saturated carbocycles. The molecule has 0 nitrogen and oxygen atoms in total. The standard InChI is InChI=1S/C45H58/c1-27(2)40-28(3)26-43(10)34(9)44(11)31(6)39-23-22-38(25-37-20-18-36(19-21-37)24-35-16-14-13-15-17-35)29(4)41(39)30(5)42(44)33(8)45(43,12)32(40)7/h13-17,22-23,31,34,36-37H,1,5,7,18-21,24-26H2,2-4,6,8-12H3/t31-,34+,36?,37?,43+,44-,45-/m1/s1. The average molecular weight is 599 g/mol. The summed E-state index contributed by atoms with van der Waals surface area (Å²) in [5.41, 5.74) is 16.9. The Morgan fingerprint density at radius 3 is 2.04 bits per heavy atom. The molecule has 4 aliphatic carbocycles. The monoisotopic (exact) mass is 598 g/mol. The second-order valence-corrected chi connectivity index (χ2v) is 16.4. The Balaban J connectivity index is 1.35. The van der Waals surface area contributed by atoms with E-state index >= 15 is 0 Å². The van der Waals surface area contributed by atoms with Crippen LogP contribution in [0.1, 0.15) is 121 Å². The summed E-state index contributed by atoms with van der Waals surface area (Å²) in [6, 6.07) is 16.1. The van der Waals surface area contributed by atoms with Crippen LogP contribution >= 0.6 is 0 Å². The first-order chi connectivity index (χ1) is 21.2. The molecule has 0 aliphatic heterocycles. The van der Waals surface area contributed by atoms with E-state index in [9.17, 15) is 0 Å². The molecule has 0 heteroatoms. The van der Waals surface area contributed by atoms with Crippen molar-refractivity contribution in [1.82, 2.24) is 0 Å². The minimum Gasteiger partial charge on any atom is -0.0955 e. The fourth-order valence-electron chi connectivity index (χ4n) is 11.3. The third kappa shape index (κ3) is 4.52. The van der Waals surface area contributed by atoms with Crippen LogP contribution in [0.3, 0.4) is 0 Å². The van der Waals surface area contributed by atoms with Crippen molar-refractivity contribution in [3.05, 3.63) is 123 Å². The molecule has 0 unspecified atom stereocenters. The molecular weight excluding hydrogens is 540 g/mol. The van der Waals surface area contributed by atoms with E-state index in [2.05, 4.69) is 111 Å². The Hall–Kier alpha value is -2.86. The molecule has 2 aromatic carbocycles. The van der Waals surface area contributed by atoms with E-state index in [1.54, 1.807) is 5.56 Å². The van der Waals surface area contributed by atoms with Gasteiger partial charge in [0, 0.05) is 10.8 Å². The predicted molar refractivity (Wildman–Crippen MR) is 195 cm³/mol. The Labute approximate surface area is 275 Å². The normalized spacial score (nSPS) is 34.8. The van der Waals surface area contributed by atoms with Crippen molar-refractivity contribution in [3.63, 3.8) is 0 Å². The summed E-state index contributed by atoms with van der Waals surface area (Å²) in [6.07, 6.45) is 8.94. The predicted octanol–water partition coefficient (Wildman–Crippen LogP) is 12.6. The number of allylic oxidation sites excluding steroid dienone is 7. The van der Waals surface area contributed by atoms with Crippen LogP contribution in [-0.4, -0.2) is 0 Å². The summed E-state index contributed by atoms with van der Waals surface area (Å²) < 4.78 is 0. The van der Waals surface area contributed by atoms with Gasteiger partial charge in [0.15, 0.2) is 0 Å². The zero-order chi connectivity index (χ0) is 32.6. The molecule has 1 fully saturated rings. The molecule has 4 aliphatic rings. The Morgan fingerprint density at radius 2 is 1.44 bits per heavy atom. The summed E-state index contributed by atoms with van der Waals surface area (Å²) in [4.78, 5) is 0. The van der Waals surface area contributed by atoms with Gasteiger partial charge in [-0.15, -0.1) is 0 Å². The quantitative estimate of drug-likeness (QED) is 0.321. The van der Waals surface area contributed by atoms with Crippen LogP contribution in [0.25, 0.3) is 5.57 Å². The van der Waals surface area contributed by atoms with Crippen LogP contribution in [0.4, 0.5) is 0 Å². The van der Waals surface area contributed by atoms with Crippen molar-refractivity contribution in [3.8, 4) is 0 Å². The highest BCUT2D eigenvalue weighted by atomic mass is 14.7. The lowest BCUT2D eigenvalue weighted by Gasteiger charge is -2.67. The third-order valence-electron chi connectivity index (χ3n) is 14.5. The summed E-state index contributed by atoms with van der Waals surface area (Å²) in [5.74, 6) is 2.49. The minimum atomic E-state index is -0.140. The molecule has 0 aromatic heterocycles. The van der Waals surface area contributed by atoms with Crippen molar-refractivity contribution >= 4 is 5.57 Å². The zero-order valence-electron chi connectivity index (χ0n) is 29.9. The summed E-state index contributed by atoms with van der Waals surface area (Å²) >= 11 is 0. The average Bonchev–Trinajstić information content (AvgIpc) is 3.00. The van der Waals surface area contributed by atoms with Crippen LogP contribution < -0.4 is 0 Å². The SMILES string of the molecule is C=C(C)C1=C(C)C[C@@]2(C)[C@H](C)[C@]3(C)C(=C(C)[C@@]2(C)C1=C)C(=C)c1c(ccc(CC2CCC(Cc4ccccc4)CC2)c1C)[C@H]3C. The number of fused-ring (bicyclic) bond motifs is 3. The van der Waals surface area contributed by atoms with E-state index in [0.29, 0.717) is 11.8 Å². The molecule has 0 N–H and O–H groups in total. The minimum absolute atomic E-state index is 0.00874. The third-order valence-corrected chi connectivity index (χ3v) is 14.5. The van der Waals surface area contributed by atoms with Gasteiger partial charge in [-0.1, -0.05) is 114 Å². The Kier molecular flexibility index (Phi) is 7.94. The molecule has 0 heterocycles. The van der Waals surface area contributed by atoms with Crippen LogP contribution in [0.2, 0.25) is 0 Å². The maximum atomic E-state index is 4.97. The molecule has 238 valence electrons.